The van der Waals surface area contributed by atoms with Gasteiger partial charge in [-0.2, -0.15) is 0 Å². The summed E-state index contributed by atoms with van der Waals surface area (Å²) in [5.41, 5.74) is 12.7. The maximum Gasteiger partial charge on any atom is 1.00 e. The summed E-state index contributed by atoms with van der Waals surface area (Å²) < 4.78 is 82.1. The number of esters is 2. The Morgan fingerprint density at radius 1 is 0.495 bits per heavy atom. The number of aryl methyl sites for hydroxylation is 3. The van der Waals surface area contributed by atoms with E-state index in [1.54, 1.807) is 36.4 Å². The SMILES string of the molecule is CO.COC(=O)c1ccc(Br)cc1S(C)(=O)=O.COC(=O)c1ccc(N2CCN(Cc3ccc(C)nc3)C(c3ccccc3)C2)cc1S(C)(=O)=O.Cc1ccc(CN2CCN(c3ccc(CO)c(S(C)(=O)=O)c3)CC2c2ccccc2)cn1.Cc1ccc(CN2CCNCC2c2ccccc2)cn1.[B].[H-].[Na+]. The maximum atomic E-state index is 12.4. The van der Waals surface area contributed by atoms with E-state index in [2.05, 4.69) is 156 Å². The van der Waals surface area contributed by atoms with E-state index in [9.17, 15) is 39.9 Å². The van der Waals surface area contributed by atoms with Crippen molar-refractivity contribution in [3.8, 4) is 0 Å². The standard InChI is InChI=1S/C26H29N3O4S.C25H29N3O3S.C17H21N3.C9H9BrO4S.CH4O.B.Na.H/c1-19-9-10-20(16-27-19)17-29-14-13-28(18-24(29)21-7-5-4-6-8-21)22-11-12-23(26(30)33-2)25(15-22)34(3,31)32;1-19-8-9-20(15-26-19)16-28-13-12-27(17-24(28)21-6-4-3-5-7-21)23-11-10-22(18-29)25(14-23)32(2,30)31;1-14-7-8-15(11-19-14)13-20-10-9-18-12-17(20)16-5-3-2-4-6-16;1-14-9(11)7-4-3-6(10)5-8(7)15(2,12)13;1-2;;;/h4-12,15-16,24H,13-14,17-18H2,1-3H3;3-11,14-15,24,29H,12-13,16-18H2,1-2H3;2-8,11,17-18H,9-10,12-13H2,1H3;3-5H,1-2H3;2H,1H3;;;/q;;;;;;+1;-1. The van der Waals surface area contributed by atoms with Gasteiger partial charge in [0.15, 0.2) is 29.5 Å². The van der Waals surface area contributed by atoms with Gasteiger partial charge in [-0.15, -0.1) is 0 Å². The summed E-state index contributed by atoms with van der Waals surface area (Å²) in [6.45, 7) is 16.0. The number of halogens is 1. The number of pyridine rings is 3. The number of hydrogen-bond donors (Lipinski definition) is 3. The van der Waals surface area contributed by atoms with Crippen molar-refractivity contribution in [2.75, 3.05) is 109 Å². The van der Waals surface area contributed by atoms with Crippen LogP contribution in [-0.2, 0) is 65.2 Å². The van der Waals surface area contributed by atoms with Gasteiger partial charge in [0.1, 0.15) is 0 Å². The molecule has 3 radical (unpaired) electrons. The second kappa shape index (κ2) is 41.0. The average Bonchev–Trinajstić information content (AvgIpc) is 0.798. The molecule has 551 valence electrons. The predicted octanol–water partition coefficient (Wildman–Crippen LogP) is 7.51. The van der Waals surface area contributed by atoms with Crippen LogP contribution in [0.25, 0.3) is 0 Å². The van der Waals surface area contributed by atoms with E-state index in [-0.39, 0.29) is 83.9 Å². The van der Waals surface area contributed by atoms with E-state index in [0.717, 1.165) is 126 Å². The fraction of sp³-hybridized carbons (Fsp3) is 0.321. The molecule has 3 N–H and O–H groups in total. The van der Waals surface area contributed by atoms with Crippen molar-refractivity contribution in [1.82, 2.24) is 35.0 Å². The number of carbonyl (C=O) groups is 2. The Balaban J connectivity index is 0.000000260. The molecule has 0 amide bonds. The van der Waals surface area contributed by atoms with Gasteiger partial charge in [-0.25, -0.2) is 34.8 Å². The molecule has 21 nitrogen and oxygen atoms in total. The molecule has 0 aliphatic carbocycles. The van der Waals surface area contributed by atoms with Crippen molar-refractivity contribution >= 4 is 77.2 Å². The normalized spacial score (nSPS) is 16.2. The third kappa shape index (κ3) is 24.8. The third-order valence-electron chi connectivity index (χ3n) is 17.8. The Bertz CT molecular complexity index is 4620. The average molecular weight is 1560 g/mol. The number of piperazine rings is 3. The molecule has 0 spiro atoms. The number of nitrogens with one attached hydrogen (secondary N) is 1. The zero-order valence-electron chi connectivity index (χ0n) is 62.2. The molecule has 0 saturated carbocycles. The van der Waals surface area contributed by atoms with Gasteiger partial charge in [0, 0.05) is 170 Å². The van der Waals surface area contributed by atoms with Crippen molar-refractivity contribution in [2.24, 2.45) is 0 Å². The van der Waals surface area contributed by atoms with Crippen molar-refractivity contribution in [1.29, 1.82) is 0 Å². The molecule has 6 aromatic carbocycles. The van der Waals surface area contributed by atoms with E-state index >= 15 is 0 Å². The third-order valence-corrected chi connectivity index (χ3v) is 21.8. The van der Waals surface area contributed by atoms with Gasteiger partial charge in [-0.05, 0) is 126 Å². The summed E-state index contributed by atoms with van der Waals surface area (Å²) in [6.07, 6.45) is 9.20. The first-order valence-electron chi connectivity index (χ1n) is 33.5. The number of anilines is 2. The van der Waals surface area contributed by atoms with E-state index in [4.69, 9.17) is 9.84 Å². The van der Waals surface area contributed by atoms with E-state index in [1.807, 2.05) is 81.8 Å². The Labute approximate surface area is 653 Å². The molecule has 6 heterocycles. The van der Waals surface area contributed by atoms with Crippen LogP contribution in [0.4, 0.5) is 11.4 Å². The molecule has 3 atom stereocenters. The molecule has 3 aliphatic rings. The molecular weight excluding hydrogens is 1460 g/mol. The van der Waals surface area contributed by atoms with Crippen molar-refractivity contribution in [3.63, 3.8) is 0 Å². The molecule has 105 heavy (non-hydrogen) atoms. The maximum absolute atomic E-state index is 12.4. The molecular formula is C78H93BBrN9NaO12S3. The molecule has 12 rings (SSSR count). The number of sulfone groups is 3. The molecule has 3 unspecified atom stereocenters. The van der Waals surface area contributed by atoms with E-state index < -0.39 is 41.5 Å². The smallest absolute Gasteiger partial charge is 1.00 e. The van der Waals surface area contributed by atoms with Gasteiger partial charge in [-0.3, -0.25) is 29.7 Å². The summed E-state index contributed by atoms with van der Waals surface area (Å²) >= 11 is 3.14. The number of benzene rings is 6. The summed E-state index contributed by atoms with van der Waals surface area (Å²) in [5, 5.41) is 20.1. The Hall–Kier alpha value is -7.54. The van der Waals surface area contributed by atoms with E-state index in [0.29, 0.717) is 22.6 Å². The number of hydrogen-bond acceptors (Lipinski definition) is 21. The fourth-order valence-electron chi connectivity index (χ4n) is 12.5. The minimum atomic E-state index is -3.62. The molecule has 3 aliphatic heterocycles. The number of aliphatic hydroxyl groups is 2. The first-order chi connectivity index (χ1) is 49.3. The van der Waals surface area contributed by atoms with Crippen LogP contribution in [-0.4, -0.2) is 184 Å². The summed E-state index contributed by atoms with van der Waals surface area (Å²) in [7, 11) is -7.04. The molecule has 3 fully saturated rings. The van der Waals surface area contributed by atoms with Gasteiger partial charge >= 0.3 is 41.5 Å². The van der Waals surface area contributed by atoms with Crippen LogP contribution >= 0.6 is 15.9 Å². The van der Waals surface area contributed by atoms with Crippen molar-refractivity contribution in [2.45, 2.75) is 79.8 Å². The Kier molecular flexibility index (Phi) is 33.7. The number of nitrogens with zero attached hydrogens (tertiary/aromatic N) is 8. The number of aliphatic hydroxyl groups excluding tert-OH is 2. The summed E-state index contributed by atoms with van der Waals surface area (Å²) in [6, 6.07) is 59.4. The fourth-order valence-corrected chi connectivity index (χ4v) is 15.7. The minimum Gasteiger partial charge on any atom is -1.00 e. The van der Waals surface area contributed by atoms with Crippen LogP contribution in [0.5, 0.6) is 0 Å². The van der Waals surface area contributed by atoms with Crippen LogP contribution in [0, 0.1) is 20.8 Å². The summed E-state index contributed by atoms with van der Waals surface area (Å²) in [4.78, 5) is 48.7. The Morgan fingerprint density at radius 3 is 1.23 bits per heavy atom. The first kappa shape index (κ1) is 86.4. The quantitative estimate of drug-likeness (QED) is 0.0588. The van der Waals surface area contributed by atoms with E-state index in [1.165, 1.54) is 60.4 Å². The van der Waals surface area contributed by atoms with Gasteiger partial charge in [-0.1, -0.05) is 131 Å². The monoisotopic (exact) mass is 1560 g/mol. The second-order valence-electron chi connectivity index (χ2n) is 25.3. The van der Waals surface area contributed by atoms with Gasteiger partial charge in [0.2, 0.25) is 0 Å². The Morgan fingerprint density at radius 2 is 0.857 bits per heavy atom. The topological polar surface area (TPSA) is 262 Å². The molecule has 9 aromatic rings. The second-order valence-corrected chi connectivity index (χ2v) is 32.1. The van der Waals surface area contributed by atoms with Gasteiger partial charge in [0.25, 0.3) is 0 Å². The first-order valence-corrected chi connectivity index (χ1v) is 40.0. The van der Waals surface area contributed by atoms with Crippen LogP contribution in [0.3, 0.4) is 0 Å². The van der Waals surface area contributed by atoms with Crippen LogP contribution in [0.2, 0.25) is 0 Å². The predicted molar refractivity (Wildman–Crippen MR) is 413 cm³/mol. The summed E-state index contributed by atoms with van der Waals surface area (Å²) in [5.74, 6) is -1.33. The van der Waals surface area contributed by atoms with Gasteiger partial charge in [0.05, 0.1) is 58.7 Å². The zero-order chi connectivity index (χ0) is 74.4. The van der Waals surface area contributed by atoms with Crippen LogP contribution in [0.15, 0.2) is 220 Å². The number of methoxy groups -OCH3 is 2. The van der Waals surface area contributed by atoms with Crippen LogP contribution < -0.4 is 44.7 Å². The largest absolute Gasteiger partial charge is 1.00 e. The number of aromatic nitrogens is 3. The molecule has 27 heteroatoms. The number of rotatable bonds is 17. The van der Waals surface area contributed by atoms with Gasteiger partial charge < -0.3 is 36.2 Å². The number of carbonyl (C=O) groups excluding carboxylic acids is 2. The molecule has 3 saturated heterocycles. The minimum absolute atomic E-state index is 0. The van der Waals surface area contributed by atoms with Crippen molar-refractivity contribution in [3.05, 3.63) is 272 Å². The molecule has 3 aromatic heterocycles. The number of ether oxygens (including phenoxy) is 2. The molecule has 0 bridgehead atoms. The van der Waals surface area contributed by atoms with Crippen molar-refractivity contribution < 1.29 is 85.5 Å². The zero-order valence-corrected chi connectivity index (χ0v) is 67.2. The van der Waals surface area contributed by atoms with Crippen LogP contribution in [0.1, 0.15) is 96.3 Å².